The van der Waals surface area contributed by atoms with Crippen molar-refractivity contribution in [2.24, 2.45) is 0 Å². The number of fused-ring (bicyclic) bond motifs is 1. The van der Waals surface area contributed by atoms with Crippen molar-refractivity contribution in [3.05, 3.63) is 35.4 Å². The molecule has 0 aromatic heterocycles. The maximum Gasteiger partial charge on any atom is 0.356 e. The van der Waals surface area contributed by atoms with Crippen LogP contribution in [0, 0.1) is 0 Å². The molecule has 6 nitrogen and oxygen atoms in total. The molecule has 0 bridgehead atoms. The molecule has 6 heteroatoms. The average molecular weight is 249 g/mol. The summed E-state index contributed by atoms with van der Waals surface area (Å²) < 4.78 is 9.37. The first-order chi connectivity index (χ1) is 8.61. The zero-order valence-electron chi connectivity index (χ0n) is 9.88. The lowest BCUT2D eigenvalue weighted by Crippen LogP contribution is -2.46. The zero-order chi connectivity index (χ0) is 13.3. The molecular formula is C12H11NO5. The number of hydrogen-bond acceptors (Lipinski definition) is 5. The number of ether oxygens (including phenoxy) is 2. The van der Waals surface area contributed by atoms with E-state index in [9.17, 15) is 14.4 Å². The molecule has 18 heavy (non-hydrogen) atoms. The summed E-state index contributed by atoms with van der Waals surface area (Å²) in [5.41, 5.74) is 0.516. The molecule has 1 aromatic carbocycles. The summed E-state index contributed by atoms with van der Waals surface area (Å²) in [6.07, 6.45) is -1.36. The van der Waals surface area contributed by atoms with Crippen LogP contribution in [-0.2, 0) is 14.3 Å². The van der Waals surface area contributed by atoms with Crippen LogP contribution in [0.2, 0.25) is 0 Å². The minimum Gasteiger partial charge on any atom is -0.466 e. The van der Waals surface area contributed by atoms with Gasteiger partial charge in [-0.05, 0) is 12.1 Å². The summed E-state index contributed by atoms with van der Waals surface area (Å²) in [6, 6.07) is 6.35. The van der Waals surface area contributed by atoms with Crippen LogP contribution in [0.3, 0.4) is 0 Å². The van der Waals surface area contributed by atoms with Crippen LogP contribution in [0.4, 0.5) is 0 Å². The maximum atomic E-state index is 12.0. The van der Waals surface area contributed by atoms with Crippen molar-refractivity contribution in [3.8, 4) is 0 Å². The van der Waals surface area contributed by atoms with E-state index in [-0.39, 0.29) is 11.1 Å². The number of carbonyl (C=O) groups excluding carboxylic acids is 3. The Hall–Kier alpha value is -2.21. The van der Waals surface area contributed by atoms with Gasteiger partial charge in [-0.1, -0.05) is 12.1 Å². The molecule has 94 valence electrons. The lowest BCUT2D eigenvalue weighted by molar-refractivity contribution is -0.159. The molecule has 2 amide bonds. The first-order valence-electron chi connectivity index (χ1n) is 5.19. The summed E-state index contributed by atoms with van der Waals surface area (Å²) in [5.74, 6) is -1.92. The predicted molar refractivity (Wildman–Crippen MR) is 59.8 cm³/mol. The van der Waals surface area contributed by atoms with Gasteiger partial charge in [0.05, 0.1) is 18.2 Å². The first-order valence-corrected chi connectivity index (χ1v) is 5.19. The van der Waals surface area contributed by atoms with Gasteiger partial charge in [-0.15, -0.1) is 0 Å². The molecule has 0 fully saturated rings. The van der Waals surface area contributed by atoms with E-state index in [0.717, 1.165) is 12.0 Å². The highest BCUT2D eigenvalue weighted by Gasteiger charge is 2.43. The Kier molecular flexibility index (Phi) is 3.12. The molecule has 1 atom stereocenters. The molecule has 0 aliphatic carbocycles. The number of imide groups is 1. The summed E-state index contributed by atoms with van der Waals surface area (Å²) >= 11 is 0. The second-order valence-corrected chi connectivity index (χ2v) is 3.64. The van der Waals surface area contributed by atoms with Crippen LogP contribution in [0.25, 0.3) is 0 Å². The smallest absolute Gasteiger partial charge is 0.356 e. The number of carbonyl (C=O) groups is 3. The van der Waals surface area contributed by atoms with E-state index in [1.807, 2.05) is 0 Å². The van der Waals surface area contributed by atoms with Gasteiger partial charge < -0.3 is 9.47 Å². The minimum absolute atomic E-state index is 0.258. The van der Waals surface area contributed by atoms with Crippen molar-refractivity contribution >= 4 is 17.8 Å². The van der Waals surface area contributed by atoms with E-state index in [1.165, 1.54) is 19.2 Å². The second-order valence-electron chi connectivity index (χ2n) is 3.64. The lowest BCUT2D eigenvalue weighted by atomic mass is 10.1. The van der Waals surface area contributed by atoms with Gasteiger partial charge in [-0.3, -0.25) is 9.59 Å². The van der Waals surface area contributed by atoms with Crippen LogP contribution in [0.1, 0.15) is 20.7 Å². The van der Waals surface area contributed by atoms with Crippen molar-refractivity contribution in [2.75, 3.05) is 14.2 Å². The maximum absolute atomic E-state index is 12.0. The van der Waals surface area contributed by atoms with Gasteiger partial charge in [0.15, 0.2) is 0 Å². The van der Waals surface area contributed by atoms with Crippen LogP contribution in [0.15, 0.2) is 24.3 Å². The van der Waals surface area contributed by atoms with Crippen molar-refractivity contribution < 1.29 is 23.9 Å². The number of benzene rings is 1. The van der Waals surface area contributed by atoms with Gasteiger partial charge in [0.1, 0.15) is 0 Å². The summed E-state index contributed by atoms with van der Waals surface area (Å²) in [5, 5.41) is 0. The Balaban J connectivity index is 2.41. The summed E-state index contributed by atoms with van der Waals surface area (Å²) in [4.78, 5) is 36.3. The van der Waals surface area contributed by atoms with Crippen molar-refractivity contribution in [1.82, 2.24) is 4.90 Å². The third-order valence-electron chi connectivity index (χ3n) is 2.69. The van der Waals surface area contributed by atoms with E-state index < -0.39 is 24.0 Å². The summed E-state index contributed by atoms with van der Waals surface area (Å²) in [6.45, 7) is 0. The first kappa shape index (κ1) is 12.3. The van der Waals surface area contributed by atoms with Crippen LogP contribution < -0.4 is 0 Å². The van der Waals surface area contributed by atoms with E-state index in [2.05, 4.69) is 4.74 Å². The zero-order valence-corrected chi connectivity index (χ0v) is 9.88. The van der Waals surface area contributed by atoms with Crippen LogP contribution in [-0.4, -0.2) is 43.1 Å². The predicted octanol–water partition coefficient (Wildman–Crippen LogP) is 0.428. The van der Waals surface area contributed by atoms with Crippen LogP contribution >= 0.6 is 0 Å². The fourth-order valence-electron chi connectivity index (χ4n) is 1.83. The Labute approximate surface area is 103 Å². The average Bonchev–Trinajstić information content (AvgIpc) is 2.65. The Morgan fingerprint density at radius 2 is 1.61 bits per heavy atom. The van der Waals surface area contributed by atoms with Gasteiger partial charge in [0, 0.05) is 7.11 Å². The Morgan fingerprint density at radius 3 is 2.00 bits per heavy atom. The lowest BCUT2D eigenvalue weighted by Gasteiger charge is -2.21. The molecule has 0 N–H and O–H groups in total. The van der Waals surface area contributed by atoms with Crippen molar-refractivity contribution in [2.45, 2.75) is 6.23 Å². The monoisotopic (exact) mass is 249 g/mol. The molecule has 1 aromatic rings. The molecule has 0 saturated carbocycles. The number of esters is 1. The molecule has 1 aliphatic rings. The molecule has 0 saturated heterocycles. The third-order valence-corrected chi connectivity index (χ3v) is 2.69. The molecule has 2 rings (SSSR count). The highest BCUT2D eigenvalue weighted by molar-refractivity contribution is 6.22. The van der Waals surface area contributed by atoms with Crippen molar-refractivity contribution in [3.63, 3.8) is 0 Å². The molecule has 0 radical (unpaired) electrons. The van der Waals surface area contributed by atoms with Gasteiger partial charge in [0.25, 0.3) is 11.8 Å². The number of rotatable bonds is 3. The minimum atomic E-state index is -1.36. The molecule has 1 unspecified atom stereocenters. The van der Waals surface area contributed by atoms with Gasteiger partial charge in [-0.25, -0.2) is 9.69 Å². The number of nitrogens with zero attached hydrogens (tertiary/aromatic N) is 1. The standard InChI is InChI=1S/C12H11NO5/c1-17-11(12(16)18-2)13-9(14)7-5-3-4-6-8(7)10(13)15/h3-6,11H,1-2H3. The van der Waals surface area contributed by atoms with E-state index >= 15 is 0 Å². The van der Waals surface area contributed by atoms with Gasteiger partial charge in [-0.2, -0.15) is 0 Å². The molecule has 1 heterocycles. The fourth-order valence-corrected chi connectivity index (χ4v) is 1.83. The van der Waals surface area contributed by atoms with E-state index in [0.29, 0.717) is 0 Å². The Morgan fingerprint density at radius 1 is 1.11 bits per heavy atom. The third kappa shape index (κ3) is 1.67. The normalized spacial score (nSPS) is 15.6. The largest absolute Gasteiger partial charge is 0.466 e. The fraction of sp³-hybridized carbons (Fsp3) is 0.250. The van der Waals surface area contributed by atoms with E-state index in [4.69, 9.17) is 4.74 Å². The second kappa shape index (κ2) is 4.58. The quantitative estimate of drug-likeness (QED) is 0.573. The number of hydrogen-bond donors (Lipinski definition) is 0. The topological polar surface area (TPSA) is 72.9 Å². The molecule has 1 aliphatic heterocycles. The molecule has 0 spiro atoms. The van der Waals surface area contributed by atoms with E-state index in [1.54, 1.807) is 12.1 Å². The van der Waals surface area contributed by atoms with Gasteiger partial charge in [0.2, 0.25) is 6.23 Å². The number of amides is 2. The SMILES string of the molecule is COC(=O)C(OC)N1C(=O)c2ccccc2C1=O. The Bertz CT molecular complexity index is 490. The highest BCUT2D eigenvalue weighted by atomic mass is 16.6. The highest BCUT2D eigenvalue weighted by Crippen LogP contribution is 2.24. The van der Waals surface area contributed by atoms with Gasteiger partial charge >= 0.3 is 5.97 Å². The molecular weight excluding hydrogens is 238 g/mol. The van der Waals surface area contributed by atoms with Crippen LogP contribution in [0.5, 0.6) is 0 Å². The van der Waals surface area contributed by atoms with Crippen molar-refractivity contribution in [1.29, 1.82) is 0 Å². The number of methoxy groups -OCH3 is 2. The summed E-state index contributed by atoms with van der Waals surface area (Å²) in [7, 11) is 2.39.